The number of hydrogen-bond acceptors (Lipinski definition) is 3. The first-order valence-electron chi connectivity index (χ1n) is 3.10. The molecule has 0 aromatic heterocycles. The van der Waals surface area contributed by atoms with Crippen molar-refractivity contribution in [2.75, 3.05) is 12.0 Å². The molecular weight excluding hydrogens is 160 g/mol. The van der Waals surface area contributed by atoms with Gasteiger partial charge in [-0.3, -0.25) is 0 Å². The number of anilines is 1. The Morgan fingerprint density at radius 2 is 2.00 bits per heavy atom. The summed E-state index contributed by atoms with van der Waals surface area (Å²) in [5.74, 6) is 0. The molecule has 0 spiro atoms. The summed E-state index contributed by atoms with van der Waals surface area (Å²) in [7, 11) is -2.66. The minimum absolute atomic E-state index is 0.417. The summed E-state index contributed by atoms with van der Waals surface area (Å²) in [4.78, 5) is 0.417. The molecule has 0 fully saturated rings. The van der Waals surface area contributed by atoms with Crippen LogP contribution in [0, 0.1) is 4.78 Å². The van der Waals surface area contributed by atoms with Gasteiger partial charge in [0.2, 0.25) is 0 Å². The molecule has 1 atom stereocenters. The van der Waals surface area contributed by atoms with Crippen molar-refractivity contribution < 1.29 is 4.21 Å². The maximum atomic E-state index is 11.2. The number of rotatable bonds is 1. The van der Waals surface area contributed by atoms with E-state index in [4.69, 9.17) is 10.5 Å². The number of benzene rings is 1. The van der Waals surface area contributed by atoms with Crippen LogP contribution < -0.4 is 5.73 Å². The first kappa shape index (κ1) is 8.07. The van der Waals surface area contributed by atoms with Crippen molar-refractivity contribution in [1.82, 2.24) is 0 Å². The zero-order valence-electron chi connectivity index (χ0n) is 6.20. The van der Waals surface area contributed by atoms with Gasteiger partial charge in [-0.1, -0.05) is 12.1 Å². The van der Waals surface area contributed by atoms with Crippen LogP contribution in [0.5, 0.6) is 0 Å². The summed E-state index contributed by atoms with van der Waals surface area (Å²) in [5, 5.41) is 0. The molecule has 60 valence electrons. The highest BCUT2D eigenvalue weighted by Crippen LogP contribution is 2.16. The molecule has 4 heteroatoms. The number of nitrogens with two attached hydrogens (primary N) is 1. The minimum Gasteiger partial charge on any atom is -0.398 e. The van der Waals surface area contributed by atoms with E-state index in [1.165, 1.54) is 6.26 Å². The number of nitrogens with one attached hydrogen (secondary N) is 1. The highest BCUT2D eigenvalue weighted by atomic mass is 32.2. The molecule has 1 aromatic rings. The number of para-hydroxylation sites is 1. The van der Waals surface area contributed by atoms with Crippen molar-refractivity contribution in [2.45, 2.75) is 4.90 Å². The summed E-state index contributed by atoms with van der Waals surface area (Å²) in [6, 6.07) is 6.74. The number of hydrogen-bond donors (Lipinski definition) is 2. The molecule has 0 unspecified atom stereocenters. The van der Waals surface area contributed by atoms with Crippen molar-refractivity contribution in [3.05, 3.63) is 24.3 Å². The van der Waals surface area contributed by atoms with Crippen LogP contribution in [0.2, 0.25) is 0 Å². The maximum Gasteiger partial charge on any atom is 0.0717 e. The first-order chi connectivity index (χ1) is 5.02. The van der Waals surface area contributed by atoms with Crippen LogP contribution in [0.15, 0.2) is 29.2 Å². The van der Waals surface area contributed by atoms with E-state index in [2.05, 4.69) is 0 Å². The second kappa shape index (κ2) is 2.54. The lowest BCUT2D eigenvalue weighted by Gasteiger charge is -2.03. The van der Waals surface area contributed by atoms with E-state index in [-0.39, 0.29) is 0 Å². The molecular formula is C7H10N2OS. The van der Waals surface area contributed by atoms with E-state index in [1.54, 1.807) is 24.3 Å². The van der Waals surface area contributed by atoms with E-state index in [0.717, 1.165) is 0 Å². The Kier molecular flexibility index (Phi) is 1.87. The van der Waals surface area contributed by atoms with E-state index < -0.39 is 9.73 Å². The van der Waals surface area contributed by atoms with Crippen molar-refractivity contribution in [1.29, 1.82) is 4.78 Å². The fourth-order valence-electron chi connectivity index (χ4n) is 0.835. The molecule has 0 aliphatic rings. The Morgan fingerprint density at radius 1 is 1.45 bits per heavy atom. The van der Waals surface area contributed by atoms with Crippen LogP contribution in [-0.2, 0) is 9.73 Å². The van der Waals surface area contributed by atoms with E-state index >= 15 is 0 Å². The standard InChI is InChI=1S/C7H10N2OS/c1-11(9,10)7-5-3-2-4-6(7)8/h2-5,9H,8H2,1H3/t11-/m0/s1. The summed E-state index contributed by atoms with van der Waals surface area (Å²) in [6.45, 7) is 0. The molecule has 0 bridgehead atoms. The first-order valence-corrected chi connectivity index (χ1v) is 5.07. The second-order valence-electron chi connectivity index (χ2n) is 2.38. The lowest BCUT2D eigenvalue weighted by Crippen LogP contribution is -1.99. The molecule has 3 nitrogen and oxygen atoms in total. The lowest BCUT2D eigenvalue weighted by molar-refractivity contribution is 0.679. The monoisotopic (exact) mass is 170 g/mol. The topological polar surface area (TPSA) is 66.9 Å². The van der Waals surface area contributed by atoms with Gasteiger partial charge in [0.05, 0.1) is 14.6 Å². The zero-order valence-corrected chi connectivity index (χ0v) is 7.02. The second-order valence-corrected chi connectivity index (χ2v) is 4.51. The van der Waals surface area contributed by atoms with Gasteiger partial charge < -0.3 is 5.73 Å². The Labute approximate surface area is 66.2 Å². The van der Waals surface area contributed by atoms with Gasteiger partial charge in [-0.15, -0.1) is 0 Å². The molecule has 11 heavy (non-hydrogen) atoms. The molecule has 0 heterocycles. The van der Waals surface area contributed by atoms with Crippen molar-refractivity contribution in [3.63, 3.8) is 0 Å². The Balaban J connectivity index is 3.37. The molecule has 3 N–H and O–H groups in total. The van der Waals surface area contributed by atoms with Gasteiger partial charge in [-0.05, 0) is 12.1 Å². The van der Waals surface area contributed by atoms with Gasteiger partial charge in [0.1, 0.15) is 0 Å². The Hall–Kier alpha value is -1.03. The van der Waals surface area contributed by atoms with Crippen LogP contribution in [-0.4, -0.2) is 10.5 Å². The largest absolute Gasteiger partial charge is 0.398 e. The average molecular weight is 170 g/mol. The molecule has 1 aromatic carbocycles. The number of nitrogen functional groups attached to an aromatic ring is 1. The van der Waals surface area contributed by atoms with Crippen molar-refractivity contribution in [3.8, 4) is 0 Å². The molecule has 0 saturated heterocycles. The quantitative estimate of drug-likeness (QED) is 0.624. The highest BCUT2D eigenvalue weighted by Gasteiger charge is 2.04. The smallest absolute Gasteiger partial charge is 0.0717 e. The Bertz CT molecular complexity index is 356. The molecule has 0 radical (unpaired) electrons. The molecule has 0 amide bonds. The van der Waals surface area contributed by atoms with Crippen molar-refractivity contribution in [2.24, 2.45) is 0 Å². The van der Waals surface area contributed by atoms with Gasteiger partial charge in [-0.2, -0.15) is 0 Å². The molecule has 0 aliphatic carbocycles. The highest BCUT2D eigenvalue weighted by molar-refractivity contribution is 7.91. The summed E-state index contributed by atoms with van der Waals surface area (Å²) >= 11 is 0. The van der Waals surface area contributed by atoms with Gasteiger partial charge in [0.25, 0.3) is 0 Å². The van der Waals surface area contributed by atoms with Gasteiger partial charge in [0, 0.05) is 11.9 Å². The Morgan fingerprint density at radius 3 is 2.36 bits per heavy atom. The molecule has 0 saturated carbocycles. The van der Waals surface area contributed by atoms with E-state index in [0.29, 0.717) is 10.6 Å². The van der Waals surface area contributed by atoms with Crippen LogP contribution >= 0.6 is 0 Å². The predicted molar refractivity (Wildman–Crippen MR) is 45.9 cm³/mol. The summed E-state index contributed by atoms with van der Waals surface area (Å²) in [5.41, 5.74) is 5.93. The van der Waals surface area contributed by atoms with E-state index in [1.807, 2.05) is 0 Å². The zero-order chi connectivity index (χ0) is 8.48. The van der Waals surface area contributed by atoms with Crippen LogP contribution in [0.1, 0.15) is 0 Å². The SMILES string of the molecule is C[S@](=N)(=O)c1ccccc1N. The van der Waals surface area contributed by atoms with Crippen LogP contribution in [0.3, 0.4) is 0 Å². The third-order valence-corrected chi connectivity index (χ3v) is 2.55. The summed E-state index contributed by atoms with van der Waals surface area (Å²) < 4.78 is 18.5. The molecule has 1 rings (SSSR count). The molecule has 0 aliphatic heterocycles. The van der Waals surface area contributed by atoms with E-state index in [9.17, 15) is 4.21 Å². The van der Waals surface area contributed by atoms with Crippen LogP contribution in [0.4, 0.5) is 5.69 Å². The van der Waals surface area contributed by atoms with Gasteiger partial charge >= 0.3 is 0 Å². The summed E-state index contributed by atoms with van der Waals surface area (Å²) in [6.07, 6.45) is 1.36. The van der Waals surface area contributed by atoms with Gasteiger partial charge in [-0.25, -0.2) is 8.99 Å². The maximum absolute atomic E-state index is 11.2. The predicted octanol–water partition coefficient (Wildman–Crippen LogP) is 1.30. The fourth-order valence-corrected chi connectivity index (χ4v) is 1.69. The van der Waals surface area contributed by atoms with Gasteiger partial charge in [0.15, 0.2) is 0 Å². The van der Waals surface area contributed by atoms with Crippen molar-refractivity contribution >= 4 is 15.4 Å². The third kappa shape index (κ3) is 1.71. The average Bonchev–Trinajstić information content (AvgIpc) is 1.86. The van der Waals surface area contributed by atoms with Crippen LogP contribution in [0.25, 0.3) is 0 Å². The fraction of sp³-hybridized carbons (Fsp3) is 0.143. The minimum atomic E-state index is -2.66. The normalized spacial score (nSPS) is 15.7. The lowest BCUT2D eigenvalue weighted by atomic mass is 10.3. The third-order valence-electron chi connectivity index (χ3n) is 1.34.